The van der Waals surface area contributed by atoms with Crippen molar-refractivity contribution in [3.63, 3.8) is 0 Å². The molecule has 0 aromatic rings. The van der Waals surface area contributed by atoms with Crippen LogP contribution < -0.4 is 17.4 Å². The molecule has 0 atom stereocenters. The van der Waals surface area contributed by atoms with Crippen molar-refractivity contribution in [1.82, 2.24) is 0 Å². The molecule has 0 saturated heterocycles. The summed E-state index contributed by atoms with van der Waals surface area (Å²) in [6.45, 7) is 0. The van der Waals surface area contributed by atoms with Crippen molar-refractivity contribution in [2.75, 3.05) is 0 Å². The van der Waals surface area contributed by atoms with Gasteiger partial charge in [0.25, 0.3) is 0 Å². The lowest BCUT2D eigenvalue weighted by molar-refractivity contribution is 0.266. The molecule has 0 aliphatic heterocycles. The van der Waals surface area contributed by atoms with E-state index in [1.165, 1.54) is 0 Å². The van der Waals surface area contributed by atoms with Gasteiger partial charge in [-0.1, -0.05) is 0 Å². The first-order chi connectivity index (χ1) is 2.73. The molecule has 0 aliphatic rings. The Balaban J connectivity index is 0. The predicted octanol–water partition coefficient (Wildman–Crippen LogP) is -0.877. The van der Waals surface area contributed by atoms with E-state index in [2.05, 4.69) is 29.0 Å². The summed E-state index contributed by atoms with van der Waals surface area (Å²) in [4.78, 5) is 8.99. The Hall–Kier alpha value is -0.320. The number of halogens is 1. The van der Waals surface area contributed by atoms with E-state index in [-0.39, 0.29) is 0 Å². The lowest BCUT2D eigenvalue weighted by Gasteiger charge is -1.56. The lowest BCUT2D eigenvalue weighted by Crippen LogP contribution is -2.02. The molecule has 0 unspecified atom stereocenters. The third-order valence-electron chi connectivity index (χ3n) is 0. The second-order valence-corrected chi connectivity index (χ2v) is 0.677. The van der Waals surface area contributed by atoms with Gasteiger partial charge in [0.2, 0.25) is 0 Å². The number of hydrogen-bond acceptors (Lipinski definition) is 3. The second-order valence-electron chi connectivity index (χ2n) is 0.304. The van der Waals surface area contributed by atoms with Crippen LogP contribution in [0.4, 0.5) is 4.79 Å². The Morgan fingerprint density at radius 2 is 1.50 bits per heavy atom. The van der Waals surface area contributed by atoms with Crippen molar-refractivity contribution < 1.29 is 4.79 Å². The largest absolute Gasteiger partial charge is 0.356 e. The Bertz CT molecular complexity index is 33.8. The lowest BCUT2D eigenvalue weighted by atomic mass is 11.5. The summed E-state index contributed by atoms with van der Waals surface area (Å²) < 4.78 is 0. The van der Waals surface area contributed by atoms with Crippen LogP contribution in [0.15, 0.2) is 0 Å². The molecule has 0 aromatic heterocycles. The highest BCUT2D eigenvalue weighted by atomic mass is 35.5. The molecule has 4 nitrogen and oxygen atoms in total. The van der Waals surface area contributed by atoms with Crippen LogP contribution in [-0.2, 0) is 0 Å². The van der Waals surface area contributed by atoms with E-state index in [4.69, 9.17) is 4.79 Å². The van der Waals surface area contributed by atoms with Gasteiger partial charge in [-0.2, -0.15) is 0 Å². The maximum atomic E-state index is 8.99. The van der Waals surface area contributed by atoms with Crippen molar-refractivity contribution in [2.45, 2.75) is 0 Å². The van der Waals surface area contributed by atoms with Crippen molar-refractivity contribution in [1.29, 1.82) is 0 Å². The summed E-state index contributed by atoms with van der Waals surface area (Å²) in [7, 11) is 0. The van der Waals surface area contributed by atoms with Crippen LogP contribution in [-0.4, -0.2) is 5.37 Å². The van der Waals surface area contributed by atoms with E-state index >= 15 is 0 Å². The highest BCUT2D eigenvalue weighted by Crippen LogP contribution is 1.62. The number of amides is 1. The molecule has 0 spiro atoms. The van der Waals surface area contributed by atoms with E-state index in [9.17, 15) is 0 Å². The number of rotatable bonds is 0. The van der Waals surface area contributed by atoms with Gasteiger partial charge in [0.15, 0.2) is 0 Å². The van der Waals surface area contributed by atoms with Gasteiger partial charge in [-0.3, -0.25) is 16.5 Å². The number of carbonyl (C=O) groups is 1. The molecule has 0 heterocycles. The van der Waals surface area contributed by atoms with Gasteiger partial charge in [0.1, 0.15) is 0 Å². The zero-order valence-electron chi connectivity index (χ0n) is 3.02. The third kappa shape index (κ3) is 258. The highest BCUT2D eigenvalue weighted by molar-refractivity contribution is 6.62. The zero-order chi connectivity index (χ0) is 5.58. The van der Waals surface area contributed by atoms with Crippen LogP contribution in [0.25, 0.3) is 0 Å². The molecule has 0 saturated carbocycles. The SMILES string of the molecule is NC(=O)Cl.NN. The molecule has 0 aliphatic carbocycles. The number of carbonyl (C=O) groups excluding carboxylic acids is 1. The highest BCUT2D eigenvalue weighted by Gasteiger charge is 1.66. The van der Waals surface area contributed by atoms with Gasteiger partial charge in [0, 0.05) is 0 Å². The van der Waals surface area contributed by atoms with E-state index in [0.717, 1.165) is 0 Å². The first kappa shape index (κ1) is 9.19. The molecular weight excluding hydrogens is 105 g/mol. The fraction of sp³-hybridized carbons (Fsp3) is 0. The molecule has 6 N–H and O–H groups in total. The molecule has 0 fully saturated rings. The van der Waals surface area contributed by atoms with Gasteiger partial charge in [0.05, 0.1) is 0 Å². The molecule has 0 aromatic carbocycles. The minimum absolute atomic E-state index is 0.861. The van der Waals surface area contributed by atoms with Crippen molar-refractivity contribution >= 4 is 17.0 Å². The Labute approximate surface area is 40.2 Å². The normalized spacial score (nSPS) is 5.17. The maximum Gasteiger partial charge on any atom is 0.311 e. The van der Waals surface area contributed by atoms with Gasteiger partial charge in [-0.25, -0.2) is 0 Å². The van der Waals surface area contributed by atoms with E-state index in [0.29, 0.717) is 0 Å². The minimum atomic E-state index is -0.861. The fourth-order valence-electron chi connectivity index (χ4n) is 0. The first-order valence-corrected chi connectivity index (χ1v) is 1.39. The van der Waals surface area contributed by atoms with Crippen LogP contribution in [0.3, 0.4) is 0 Å². The predicted molar refractivity (Wildman–Crippen MR) is 23.8 cm³/mol. The van der Waals surface area contributed by atoms with Gasteiger partial charge in [-0.05, 0) is 11.6 Å². The van der Waals surface area contributed by atoms with Crippen molar-refractivity contribution in [2.24, 2.45) is 17.4 Å². The maximum absolute atomic E-state index is 8.99. The second kappa shape index (κ2) is 8.82. The quantitative estimate of drug-likeness (QED) is 0.164. The van der Waals surface area contributed by atoms with Crippen LogP contribution in [0.2, 0.25) is 0 Å². The Kier molecular flexibility index (Phi) is 13.5. The van der Waals surface area contributed by atoms with Crippen LogP contribution in [0.1, 0.15) is 0 Å². The topological polar surface area (TPSA) is 95.1 Å². The summed E-state index contributed by atoms with van der Waals surface area (Å²) >= 11 is 4.41. The molecular formula is CH6ClN3O. The van der Waals surface area contributed by atoms with Gasteiger partial charge >= 0.3 is 5.37 Å². The molecule has 0 rings (SSSR count). The Morgan fingerprint density at radius 1 is 1.50 bits per heavy atom. The minimum Gasteiger partial charge on any atom is -0.356 e. The molecule has 6 heavy (non-hydrogen) atoms. The van der Waals surface area contributed by atoms with Crippen LogP contribution in [0.5, 0.6) is 0 Å². The number of hydrogen-bond donors (Lipinski definition) is 3. The van der Waals surface area contributed by atoms with E-state index < -0.39 is 5.37 Å². The Morgan fingerprint density at radius 3 is 1.50 bits per heavy atom. The van der Waals surface area contributed by atoms with Gasteiger partial charge in [-0.15, -0.1) is 0 Å². The van der Waals surface area contributed by atoms with Crippen molar-refractivity contribution in [3.8, 4) is 0 Å². The number of nitrogens with two attached hydrogens (primary N) is 3. The number of hydrazine groups is 1. The smallest absolute Gasteiger partial charge is 0.311 e. The summed E-state index contributed by atoms with van der Waals surface area (Å²) in [6, 6.07) is 0. The average Bonchev–Trinajstić information content (AvgIpc) is 1.41. The van der Waals surface area contributed by atoms with Crippen LogP contribution >= 0.6 is 11.6 Å². The van der Waals surface area contributed by atoms with Crippen molar-refractivity contribution in [3.05, 3.63) is 0 Å². The molecule has 0 bridgehead atoms. The first-order valence-electron chi connectivity index (χ1n) is 1.02. The average molecular weight is 112 g/mol. The monoisotopic (exact) mass is 111 g/mol. The summed E-state index contributed by atoms with van der Waals surface area (Å²) in [5, 5.41) is -0.861. The fourth-order valence-corrected chi connectivity index (χ4v) is 0. The zero-order valence-corrected chi connectivity index (χ0v) is 3.77. The molecule has 1 amide bonds. The van der Waals surface area contributed by atoms with Gasteiger partial charge < -0.3 is 5.73 Å². The van der Waals surface area contributed by atoms with Crippen LogP contribution in [0, 0.1) is 0 Å². The molecule has 38 valence electrons. The number of primary amides is 1. The summed E-state index contributed by atoms with van der Waals surface area (Å²) in [6.07, 6.45) is 0. The molecule has 5 heteroatoms. The summed E-state index contributed by atoms with van der Waals surface area (Å²) in [5.74, 6) is 8.00. The summed E-state index contributed by atoms with van der Waals surface area (Å²) in [5.41, 5.74) is 4.24. The third-order valence-corrected chi connectivity index (χ3v) is 0. The molecule has 0 radical (unpaired) electrons. The van der Waals surface area contributed by atoms with E-state index in [1.807, 2.05) is 0 Å². The van der Waals surface area contributed by atoms with E-state index in [1.54, 1.807) is 0 Å². The standard InChI is InChI=1S/CH2ClNO.H4N2/c2-1(3)4;1-2/h(H2,3,4);1-2H2.